The van der Waals surface area contributed by atoms with Gasteiger partial charge in [0.2, 0.25) is 0 Å². The fourth-order valence-electron chi connectivity index (χ4n) is 3.95. The minimum atomic E-state index is -1.94. The molecule has 0 spiro atoms. The van der Waals surface area contributed by atoms with Crippen molar-refractivity contribution in [2.75, 3.05) is 13.1 Å². The van der Waals surface area contributed by atoms with Crippen LogP contribution in [0.1, 0.15) is 24.0 Å². The van der Waals surface area contributed by atoms with Crippen LogP contribution in [0.2, 0.25) is 0 Å². The van der Waals surface area contributed by atoms with E-state index in [0.717, 1.165) is 32.7 Å². The standard InChI is InChI=1S/2C14H13NO3.2Sn/c2*16-13-6-5-10-3-1-2-4-11(10)12(13)9-15-8-7-14(17)18;;/h2*1-6,9,16H,7-8H2,(H,17,18);;/q;;2*+2/p-4. The van der Waals surface area contributed by atoms with Crippen molar-refractivity contribution >= 4 is 89.9 Å². The van der Waals surface area contributed by atoms with Gasteiger partial charge < -0.3 is 0 Å². The number of hydrogen-bond acceptors (Lipinski definition) is 8. The van der Waals surface area contributed by atoms with Crippen LogP contribution in [0.15, 0.2) is 82.8 Å². The molecule has 8 nitrogen and oxygen atoms in total. The van der Waals surface area contributed by atoms with E-state index in [1.165, 1.54) is 0 Å². The number of nitrogens with zero attached hydrogens (tertiary/aromatic N) is 2. The van der Waals surface area contributed by atoms with Gasteiger partial charge in [0.1, 0.15) is 0 Å². The van der Waals surface area contributed by atoms with Gasteiger partial charge in [-0.3, -0.25) is 0 Å². The van der Waals surface area contributed by atoms with Crippen molar-refractivity contribution in [3.05, 3.63) is 83.9 Å². The molecule has 0 unspecified atom stereocenters. The number of hydrogen-bond donors (Lipinski definition) is 0. The van der Waals surface area contributed by atoms with Gasteiger partial charge >= 0.3 is 243 Å². The van der Waals surface area contributed by atoms with Crippen molar-refractivity contribution < 1.29 is 21.9 Å². The molecule has 0 saturated heterocycles. The molecule has 188 valence electrons. The molecule has 0 saturated carbocycles. The second-order valence-electron chi connectivity index (χ2n) is 8.29. The van der Waals surface area contributed by atoms with Crippen LogP contribution >= 0.6 is 0 Å². The van der Waals surface area contributed by atoms with E-state index in [2.05, 4.69) is 9.98 Å². The molecule has 1 aliphatic heterocycles. The summed E-state index contributed by atoms with van der Waals surface area (Å²) in [6.45, 7) is 0.535. The molecule has 1 aliphatic rings. The van der Waals surface area contributed by atoms with Gasteiger partial charge in [-0.2, -0.15) is 0 Å². The topological polar surface area (TPSA) is 95.8 Å². The summed E-state index contributed by atoms with van der Waals surface area (Å²) in [4.78, 5) is 33.6. The van der Waals surface area contributed by atoms with E-state index in [4.69, 9.17) is 12.3 Å². The van der Waals surface area contributed by atoms with E-state index in [0.29, 0.717) is 11.5 Å². The third-order valence-electron chi connectivity index (χ3n) is 5.81. The van der Waals surface area contributed by atoms with Crippen molar-refractivity contribution in [1.29, 1.82) is 0 Å². The third kappa shape index (κ3) is 6.65. The predicted octanol–water partition coefficient (Wildman–Crippen LogP) is 4.24. The van der Waals surface area contributed by atoms with Crippen LogP contribution in [0.3, 0.4) is 0 Å². The van der Waals surface area contributed by atoms with E-state index >= 15 is 0 Å². The molecule has 1 heterocycles. The van der Waals surface area contributed by atoms with E-state index in [-0.39, 0.29) is 37.9 Å². The number of rotatable bonds is 0. The molecular weight excluding hydrogens is 698 g/mol. The quantitative estimate of drug-likeness (QED) is 0.253. The fourth-order valence-corrected chi connectivity index (χ4v) is 6.82. The maximum absolute atomic E-state index is 12.3. The Morgan fingerprint density at radius 2 is 1.00 bits per heavy atom. The molecule has 10 heteroatoms. The average Bonchev–Trinajstić information content (AvgIpc) is 2.94. The third-order valence-corrected chi connectivity index (χ3v) is 9.31. The number of carbonyl (C=O) groups excluding carboxylic acids is 2. The van der Waals surface area contributed by atoms with Gasteiger partial charge in [-0.25, -0.2) is 0 Å². The second-order valence-corrected chi connectivity index (χ2v) is 11.6. The molecule has 0 atom stereocenters. The van der Waals surface area contributed by atoms with Crippen molar-refractivity contribution in [2.45, 2.75) is 12.8 Å². The zero-order chi connectivity index (χ0) is 26.2. The van der Waals surface area contributed by atoms with Gasteiger partial charge in [0, 0.05) is 0 Å². The van der Waals surface area contributed by atoms with Crippen molar-refractivity contribution in [3.8, 4) is 11.5 Å². The zero-order valence-corrected chi connectivity index (χ0v) is 26.0. The van der Waals surface area contributed by atoms with Crippen LogP contribution in [-0.2, 0) is 15.7 Å². The van der Waals surface area contributed by atoms with Crippen molar-refractivity contribution in [2.24, 2.45) is 9.98 Å². The molecule has 0 N–H and O–H groups in total. The monoisotopic (exact) mass is 722 g/mol. The van der Waals surface area contributed by atoms with Crippen LogP contribution in [0.4, 0.5) is 0 Å². The number of aliphatic imine (C=N–C) groups is 2. The van der Waals surface area contributed by atoms with Crippen molar-refractivity contribution in [1.82, 2.24) is 0 Å². The van der Waals surface area contributed by atoms with Crippen LogP contribution in [0, 0.1) is 0 Å². The van der Waals surface area contributed by atoms with E-state index in [1.807, 2.05) is 72.8 Å². The summed E-state index contributed by atoms with van der Waals surface area (Å²) in [5.74, 6) is 0.532. The molecule has 0 fully saturated rings. The molecular formula is C28H22N2O6Sn2. The number of fused-ring (bicyclic) bond motifs is 6. The Bertz CT molecular complexity index is 1420. The fraction of sp³-hybridized carbons (Fsp3) is 0.143. The molecule has 4 aromatic carbocycles. The molecule has 0 aliphatic carbocycles. The first-order valence-corrected chi connectivity index (χ1v) is 16.6. The summed E-state index contributed by atoms with van der Waals surface area (Å²) < 4.78 is 22.8. The number of benzene rings is 4. The van der Waals surface area contributed by atoms with Crippen LogP contribution in [0.25, 0.3) is 21.5 Å². The van der Waals surface area contributed by atoms with E-state index in [1.54, 1.807) is 12.4 Å². The van der Waals surface area contributed by atoms with Gasteiger partial charge in [0.15, 0.2) is 0 Å². The Hall–Kier alpha value is -3.12. The van der Waals surface area contributed by atoms with Gasteiger partial charge in [0.05, 0.1) is 0 Å². The van der Waals surface area contributed by atoms with Crippen LogP contribution in [-0.4, -0.2) is 81.4 Å². The Morgan fingerprint density at radius 3 is 1.47 bits per heavy atom. The predicted molar refractivity (Wildman–Crippen MR) is 147 cm³/mol. The van der Waals surface area contributed by atoms with Gasteiger partial charge in [0.25, 0.3) is 0 Å². The SMILES string of the molecule is O=C1CCN=Cc2c(ccc3ccccc23)[O][Sn][O]C(=O)CCN=Cc2c(ccc3ccccc23)[O][Sn][O]1. The summed E-state index contributed by atoms with van der Waals surface area (Å²) in [6, 6.07) is 23.4. The Balaban J connectivity index is 1.37. The molecule has 38 heavy (non-hydrogen) atoms. The van der Waals surface area contributed by atoms with Gasteiger partial charge in [-0.15, -0.1) is 0 Å². The van der Waals surface area contributed by atoms with Gasteiger partial charge in [-0.1, -0.05) is 0 Å². The molecule has 0 amide bonds. The summed E-state index contributed by atoms with van der Waals surface area (Å²) in [6.07, 6.45) is 3.69. The Kier molecular flexibility index (Phi) is 9.13. The Morgan fingerprint density at radius 1 is 0.553 bits per heavy atom. The molecule has 0 aromatic heterocycles. The first-order valence-electron chi connectivity index (χ1n) is 12.0. The second kappa shape index (κ2) is 13.1. The molecule has 0 bridgehead atoms. The normalized spacial score (nSPS) is 15.5. The summed E-state index contributed by atoms with van der Waals surface area (Å²) in [5, 5.41) is 4.00. The molecule has 5 rings (SSSR count). The van der Waals surface area contributed by atoms with Crippen molar-refractivity contribution in [3.63, 3.8) is 0 Å². The maximum atomic E-state index is 12.3. The summed E-state index contributed by atoms with van der Waals surface area (Å²) in [5.41, 5.74) is 1.58. The first-order chi connectivity index (χ1) is 18.7. The summed E-state index contributed by atoms with van der Waals surface area (Å²) in [7, 11) is 0. The minimum absolute atomic E-state index is 0.141. The van der Waals surface area contributed by atoms with Crippen LogP contribution in [0.5, 0.6) is 11.5 Å². The number of carbonyl (C=O) groups is 2. The molecule has 4 aromatic rings. The van der Waals surface area contributed by atoms with E-state index in [9.17, 15) is 9.59 Å². The first kappa shape index (κ1) is 26.5. The van der Waals surface area contributed by atoms with Gasteiger partial charge in [-0.05, 0) is 0 Å². The average molecular weight is 720 g/mol. The van der Waals surface area contributed by atoms with Crippen LogP contribution < -0.4 is 6.15 Å². The zero-order valence-electron chi connectivity index (χ0n) is 20.3. The molecule has 4 radical (unpaired) electrons. The Labute approximate surface area is 241 Å². The summed E-state index contributed by atoms with van der Waals surface area (Å²) >= 11 is -3.88. The van der Waals surface area contributed by atoms with E-state index < -0.39 is 43.9 Å².